The molecule has 1 saturated heterocycles. The third kappa shape index (κ3) is 4.64. The molecule has 172 valence electrons. The average Bonchev–Trinajstić information content (AvgIpc) is 3.06. The summed E-state index contributed by atoms with van der Waals surface area (Å²) in [6.07, 6.45) is 1.03. The van der Waals surface area contributed by atoms with E-state index in [1.165, 1.54) is 16.1 Å². The zero-order valence-corrected chi connectivity index (χ0v) is 18.2. The third-order valence-corrected chi connectivity index (χ3v) is 5.90. The molecule has 10 nitrogen and oxygen atoms in total. The second-order valence-electron chi connectivity index (χ2n) is 8.11. The maximum absolute atomic E-state index is 13.4. The second-order valence-corrected chi connectivity index (χ2v) is 8.11. The van der Waals surface area contributed by atoms with Crippen molar-refractivity contribution in [3.05, 3.63) is 60.3 Å². The molecule has 33 heavy (non-hydrogen) atoms. The second kappa shape index (κ2) is 9.27. The van der Waals surface area contributed by atoms with E-state index in [0.29, 0.717) is 19.4 Å². The number of hydrazone groups is 1. The van der Waals surface area contributed by atoms with E-state index in [9.17, 15) is 19.5 Å². The highest BCUT2D eigenvalue weighted by Crippen LogP contribution is 2.38. The normalized spacial score (nSPS) is 20.6. The van der Waals surface area contributed by atoms with Gasteiger partial charge in [0.1, 0.15) is 18.1 Å². The van der Waals surface area contributed by atoms with Crippen LogP contribution in [0.2, 0.25) is 0 Å². The monoisotopic (exact) mass is 451 g/mol. The molecular weight excluding hydrogens is 426 g/mol. The number of likely N-dealkylation sites (tertiary alicyclic amines) is 1. The van der Waals surface area contributed by atoms with E-state index in [4.69, 9.17) is 4.74 Å². The van der Waals surface area contributed by atoms with E-state index in [1.807, 2.05) is 30.3 Å². The van der Waals surface area contributed by atoms with Crippen LogP contribution in [0.15, 0.2) is 59.8 Å². The first kappa shape index (κ1) is 22.3. The largest absolute Gasteiger partial charge is 0.475 e. The number of rotatable bonds is 7. The number of ether oxygens (including phenoxy) is 1. The number of benzene rings is 1. The maximum Gasteiger partial charge on any atom is 0.405 e. The minimum absolute atomic E-state index is 0.115. The van der Waals surface area contributed by atoms with Crippen molar-refractivity contribution < 1.29 is 24.2 Å². The van der Waals surface area contributed by atoms with E-state index in [-0.39, 0.29) is 24.9 Å². The Kier molecular flexibility index (Phi) is 6.25. The van der Waals surface area contributed by atoms with Gasteiger partial charge in [-0.05, 0) is 18.1 Å². The molecule has 4 rings (SSSR count). The van der Waals surface area contributed by atoms with Crippen LogP contribution in [0.3, 0.4) is 0 Å². The summed E-state index contributed by atoms with van der Waals surface area (Å²) in [6.45, 7) is 0.222. The van der Waals surface area contributed by atoms with Crippen LogP contribution in [0.1, 0.15) is 12.0 Å². The maximum atomic E-state index is 13.4. The lowest BCUT2D eigenvalue weighted by atomic mass is 9.73. The summed E-state index contributed by atoms with van der Waals surface area (Å²) in [5.74, 6) is -0.350. The Labute approximate surface area is 190 Å². The first-order chi connectivity index (χ1) is 15.9. The van der Waals surface area contributed by atoms with E-state index >= 15 is 0 Å². The van der Waals surface area contributed by atoms with Crippen molar-refractivity contribution >= 4 is 23.6 Å². The number of hydrogen-bond donors (Lipinski definition) is 2. The number of carbonyl (C=O) groups excluding carboxylic acids is 2. The van der Waals surface area contributed by atoms with Crippen LogP contribution < -0.4 is 10.1 Å². The van der Waals surface area contributed by atoms with Crippen molar-refractivity contribution in [2.75, 3.05) is 26.7 Å². The summed E-state index contributed by atoms with van der Waals surface area (Å²) >= 11 is 0. The Bertz CT molecular complexity index is 1060. The summed E-state index contributed by atoms with van der Waals surface area (Å²) in [4.78, 5) is 43.5. The Hall–Kier alpha value is -3.95. The number of aromatic nitrogens is 1. The van der Waals surface area contributed by atoms with Gasteiger partial charge in [0.2, 0.25) is 11.8 Å². The van der Waals surface area contributed by atoms with E-state index in [1.54, 1.807) is 25.2 Å². The molecule has 1 aromatic heterocycles. The minimum Gasteiger partial charge on any atom is -0.475 e. The van der Waals surface area contributed by atoms with Crippen molar-refractivity contribution in [2.24, 2.45) is 10.5 Å². The highest BCUT2D eigenvalue weighted by molar-refractivity contribution is 6.13. The Morgan fingerprint density at radius 2 is 1.97 bits per heavy atom. The van der Waals surface area contributed by atoms with Gasteiger partial charge in [-0.25, -0.2) is 14.8 Å². The van der Waals surface area contributed by atoms with Gasteiger partial charge in [0.05, 0.1) is 5.71 Å². The van der Waals surface area contributed by atoms with Crippen molar-refractivity contribution in [2.45, 2.75) is 18.9 Å². The van der Waals surface area contributed by atoms with Gasteiger partial charge >= 0.3 is 6.09 Å². The highest BCUT2D eigenvalue weighted by atomic mass is 16.5. The third-order valence-electron chi connectivity index (χ3n) is 5.90. The number of hydrogen-bond acceptors (Lipinski definition) is 6. The van der Waals surface area contributed by atoms with Crippen molar-refractivity contribution in [1.82, 2.24) is 20.2 Å². The fourth-order valence-corrected chi connectivity index (χ4v) is 4.36. The van der Waals surface area contributed by atoms with Crippen LogP contribution in [0, 0.1) is 5.41 Å². The van der Waals surface area contributed by atoms with E-state index < -0.39 is 23.5 Å². The fourth-order valence-electron chi connectivity index (χ4n) is 4.36. The standard InChI is InChI=1S/C23H25N5O5/c1-27-21(30)23(13-16-7-3-2-4-8-16)15-28(12-10-18(23)26-27)20(29)17(25-22(31)32)14-33-19-9-5-6-11-24-19/h2-9,11,17,25H,10,12-15H2,1H3,(H,31,32). The van der Waals surface area contributed by atoms with Crippen LogP contribution in [-0.2, 0) is 16.0 Å². The molecule has 3 heterocycles. The lowest BCUT2D eigenvalue weighted by Gasteiger charge is -2.40. The topological polar surface area (TPSA) is 124 Å². The smallest absolute Gasteiger partial charge is 0.405 e. The first-order valence-corrected chi connectivity index (χ1v) is 10.6. The zero-order valence-electron chi connectivity index (χ0n) is 18.2. The molecule has 2 aliphatic heterocycles. The molecule has 2 N–H and O–H groups in total. The number of piperidine rings is 1. The molecule has 3 amide bonds. The zero-order chi connectivity index (χ0) is 23.4. The molecule has 0 radical (unpaired) electrons. The van der Waals surface area contributed by atoms with Crippen molar-refractivity contribution in [1.29, 1.82) is 0 Å². The molecule has 0 spiro atoms. The summed E-state index contributed by atoms with van der Waals surface area (Å²) in [5.41, 5.74) is 0.733. The van der Waals surface area contributed by atoms with Crippen LogP contribution in [0.25, 0.3) is 0 Å². The van der Waals surface area contributed by atoms with E-state index in [0.717, 1.165) is 11.3 Å². The van der Waals surface area contributed by atoms with Gasteiger partial charge in [-0.2, -0.15) is 5.10 Å². The predicted octanol–water partition coefficient (Wildman–Crippen LogP) is 1.39. The Balaban J connectivity index is 1.55. The first-order valence-electron chi connectivity index (χ1n) is 10.6. The summed E-state index contributed by atoms with van der Waals surface area (Å²) < 4.78 is 5.54. The number of pyridine rings is 1. The van der Waals surface area contributed by atoms with Gasteiger partial charge in [0, 0.05) is 38.8 Å². The number of fused-ring (bicyclic) bond motifs is 1. The van der Waals surface area contributed by atoms with Gasteiger partial charge in [-0.1, -0.05) is 36.4 Å². The molecule has 0 aliphatic carbocycles. The predicted molar refractivity (Wildman–Crippen MR) is 119 cm³/mol. The molecule has 2 atom stereocenters. The molecular formula is C23H25N5O5. The van der Waals surface area contributed by atoms with Crippen LogP contribution >= 0.6 is 0 Å². The van der Waals surface area contributed by atoms with Gasteiger partial charge in [-0.15, -0.1) is 0 Å². The molecule has 2 aliphatic rings. The minimum atomic E-state index is -1.34. The number of carboxylic acid groups (broad SMARTS) is 1. The lowest BCUT2D eigenvalue weighted by molar-refractivity contribution is -0.141. The average molecular weight is 451 g/mol. The summed E-state index contributed by atoms with van der Waals surface area (Å²) in [6, 6.07) is 13.5. The van der Waals surface area contributed by atoms with Gasteiger partial charge < -0.3 is 20.1 Å². The van der Waals surface area contributed by atoms with Gasteiger partial charge in [-0.3, -0.25) is 9.59 Å². The number of nitrogens with one attached hydrogen (secondary N) is 1. The molecule has 0 saturated carbocycles. The van der Waals surface area contributed by atoms with Crippen LogP contribution in [-0.4, -0.2) is 76.4 Å². The SMILES string of the molecule is CN1N=C2CCN(C(=O)C(COc3ccccn3)NC(=O)O)CC2(Cc2ccccc2)C1=O. The summed E-state index contributed by atoms with van der Waals surface area (Å²) in [7, 11) is 1.61. The van der Waals surface area contributed by atoms with E-state index in [2.05, 4.69) is 15.4 Å². The molecule has 2 unspecified atom stereocenters. The molecule has 10 heteroatoms. The van der Waals surface area contributed by atoms with Crippen LogP contribution in [0.5, 0.6) is 5.88 Å². The quantitative estimate of drug-likeness (QED) is 0.656. The van der Waals surface area contributed by atoms with Crippen molar-refractivity contribution in [3.63, 3.8) is 0 Å². The summed E-state index contributed by atoms with van der Waals surface area (Å²) in [5, 5.41) is 17.3. The Morgan fingerprint density at radius 1 is 1.21 bits per heavy atom. The fraction of sp³-hybridized carbons (Fsp3) is 0.348. The Morgan fingerprint density at radius 3 is 2.67 bits per heavy atom. The van der Waals surface area contributed by atoms with Crippen molar-refractivity contribution in [3.8, 4) is 5.88 Å². The molecule has 1 fully saturated rings. The number of carbonyl (C=O) groups is 3. The lowest BCUT2D eigenvalue weighted by Crippen LogP contribution is -2.59. The molecule has 2 aromatic rings. The van der Waals surface area contributed by atoms with Crippen LogP contribution in [0.4, 0.5) is 4.79 Å². The molecule has 1 aromatic carbocycles. The number of amides is 3. The number of nitrogens with zero attached hydrogens (tertiary/aromatic N) is 4. The van der Waals surface area contributed by atoms with Gasteiger partial charge in [0.25, 0.3) is 5.91 Å². The highest BCUT2D eigenvalue weighted by Gasteiger charge is 2.53. The molecule has 0 bridgehead atoms. The van der Waals surface area contributed by atoms with Gasteiger partial charge in [0.15, 0.2) is 0 Å².